The molecule has 2 aromatic heterocycles. The van der Waals surface area contributed by atoms with Crippen molar-refractivity contribution in [3.8, 4) is 11.1 Å². The molecule has 0 spiro atoms. The fourth-order valence-corrected chi connectivity index (χ4v) is 7.07. The van der Waals surface area contributed by atoms with E-state index in [2.05, 4.69) is 34.1 Å². The average molecular weight is 597 g/mol. The number of alkyl halides is 1. The Hall–Kier alpha value is -2.94. The van der Waals surface area contributed by atoms with E-state index in [1.54, 1.807) is 24.0 Å². The lowest BCUT2D eigenvalue weighted by molar-refractivity contribution is -0.146. The van der Waals surface area contributed by atoms with Gasteiger partial charge in [-0.1, -0.05) is 47.5 Å². The number of hydrogen-bond acceptors (Lipinski definition) is 5. The van der Waals surface area contributed by atoms with E-state index in [9.17, 15) is 9.18 Å². The second-order valence-electron chi connectivity index (χ2n) is 11.4. The lowest BCUT2D eigenvalue weighted by atomic mass is 9.88. The monoisotopic (exact) mass is 595 g/mol. The molecule has 0 N–H and O–H groups in total. The summed E-state index contributed by atoms with van der Waals surface area (Å²) in [5, 5.41) is 6.28. The van der Waals surface area contributed by atoms with Crippen molar-refractivity contribution < 1.29 is 13.9 Å². The van der Waals surface area contributed by atoms with Gasteiger partial charge in [-0.05, 0) is 68.8 Å². The quantitative estimate of drug-likeness (QED) is 0.225. The molecule has 41 heavy (non-hydrogen) atoms. The Bertz CT molecular complexity index is 1600. The molecule has 2 aliphatic heterocycles. The zero-order chi connectivity index (χ0) is 28.2. The molecule has 2 unspecified atom stereocenters. The SMILES string of the molecule is CCOC(=O)C(c1ncn2c1CC(F)C2)n1cc2c(Cl)cc(-c3ccc(C4CCN(C5CC5)CC4)cc3)c(Cl)c2n1. The molecule has 0 bridgehead atoms. The van der Waals surface area contributed by atoms with E-state index in [0.717, 1.165) is 17.2 Å². The molecule has 1 saturated heterocycles. The molecule has 0 amide bonds. The molecular weight excluding hydrogens is 564 g/mol. The van der Waals surface area contributed by atoms with Crippen LogP contribution in [0, 0.1) is 0 Å². The van der Waals surface area contributed by atoms with Gasteiger partial charge in [0.15, 0.2) is 6.04 Å². The molecule has 0 radical (unpaired) electrons. The number of imidazole rings is 1. The predicted octanol–water partition coefficient (Wildman–Crippen LogP) is 6.60. The molecule has 1 aliphatic carbocycles. The fraction of sp³-hybridized carbons (Fsp3) is 0.452. The van der Waals surface area contributed by atoms with Crippen LogP contribution in [0.1, 0.15) is 61.5 Å². The number of carbonyl (C=O) groups is 1. The molecule has 214 valence electrons. The van der Waals surface area contributed by atoms with Crippen molar-refractivity contribution in [2.24, 2.45) is 0 Å². The molecule has 4 aromatic rings. The maximum atomic E-state index is 14.2. The van der Waals surface area contributed by atoms with Crippen LogP contribution in [0.5, 0.6) is 0 Å². The molecule has 2 aromatic carbocycles. The standard InChI is InChI=1S/C31H32Cl2FN5O2/c1-2-41-31(40)30(29-26-13-21(34)15-38(26)17-35-29)39-16-24-25(32)14-23(27(33)28(24)36-39)20-5-3-18(4-6-20)19-9-11-37(12-10-19)22-7-8-22/h3-6,14,16-17,19,21-22,30H,2,7-13,15H2,1H3. The predicted molar refractivity (Wildman–Crippen MR) is 157 cm³/mol. The van der Waals surface area contributed by atoms with Crippen LogP contribution in [0.2, 0.25) is 10.0 Å². The Kier molecular flexibility index (Phi) is 7.04. The Balaban J connectivity index is 1.20. The number of benzene rings is 2. The first kappa shape index (κ1) is 26.9. The van der Waals surface area contributed by atoms with Crippen LogP contribution < -0.4 is 0 Å². The van der Waals surface area contributed by atoms with Crippen molar-refractivity contribution in [1.29, 1.82) is 0 Å². The van der Waals surface area contributed by atoms with Crippen LogP contribution >= 0.6 is 23.2 Å². The molecule has 2 atom stereocenters. The number of hydrogen-bond donors (Lipinski definition) is 0. The van der Waals surface area contributed by atoms with E-state index in [1.165, 1.54) is 49.0 Å². The van der Waals surface area contributed by atoms with Gasteiger partial charge in [0, 0.05) is 35.3 Å². The summed E-state index contributed by atoms with van der Waals surface area (Å²) in [7, 11) is 0. The van der Waals surface area contributed by atoms with E-state index in [-0.39, 0.29) is 19.6 Å². The van der Waals surface area contributed by atoms with Gasteiger partial charge in [-0.15, -0.1) is 0 Å². The Labute approximate surface area is 248 Å². The van der Waals surface area contributed by atoms with Crippen molar-refractivity contribution in [3.05, 3.63) is 69.9 Å². The number of ether oxygens (including phenoxy) is 1. The largest absolute Gasteiger partial charge is 0.464 e. The van der Waals surface area contributed by atoms with Crippen LogP contribution in [0.3, 0.4) is 0 Å². The summed E-state index contributed by atoms with van der Waals surface area (Å²) in [6.07, 6.45) is 7.54. The highest BCUT2D eigenvalue weighted by molar-refractivity contribution is 6.42. The van der Waals surface area contributed by atoms with Gasteiger partial charge in [-0.2, -0.15) is 5.10 Å². The second-order valence-corrected chi connectivity index (χ2v) is 12.2. The fourth-order valence-electron chi connectivity index (χ4n) is 6.52. The number of aromatic nitrogens is 4. The van der Waals surface area contributed by atoms with Gasteiger partial charge in [0.25, 0.3) is 0 Å². The van der Waals surface area contributed by atoms with Crippen molar-refractivity contribution in [2.75, 3.05) is 19.7 Å². The summed E-state index contributed by atoms with van der Waals surface area (Å²) >= 11 is 13.7. The summed E-state index contributed by atoms with van der Waals surface area (Å²) < 4.78 is 22.8. The summed E-state index contributed by atoms with van der Waals surface area (Å²) in [4.78, 5) is 20.3. The summed E-state index contributed by atoms with van der Waals surface area (Å²) in [6.45, 7) is 4.52. The van der Waals surface area contributed by atoms with Crippen LogP contribution in [-0.2, 0) is 22.5 Å². The van der Waals surface area contributed by atoms with Crippen LogP contribution in [-0.4, -0.2) is 62.1 Å². The summed E-state index contributed by atoms with van der Waals surface area (Å²) in [5.74, 6) is 0.0586. The van der Waals surface area contributed by atoms with Gasteiger partial charge in [-0.25, -0.2) is 14.2 Å². The van der Waals surface area contributed by atoms with Crippen LogP contribution in [0.25, 0.3) is 22.0 Å². The third-order valence-corrected chi connectivity index (χ3v) is 9.51. The van der Waals surface area contributed by atoms with Gasteiger partial charge in [0.2, 0.25) is 0 Å². The molecule has 7 nitrogen and oxygen atoms in total. The van der Waals surface area contributed by atoms with Gasteiger partial charge in [0.1, 0.15) is 11.7 Å². The molecular formula is C31H32Cl2FN5O2. The number of rotatable bonds is 7. The van der Waals surface area contributed by atoms with Crippen LogP contribution in [0.4, 0.5) is 4.39 Å². The molecule has 1 saturated carbocycles. The Morgan fingerprint density at radius 2 is 1.90 bits per heavy atom. The topological polar surface area (TPSA) is 65.2 Å². The first-order chi connectivity index (χ1) is 19.9. The van der Waals surface area contributed by atoms with Gasteiger partial charge in [0.05, 0.1) is 35.2 Å². The maximum absolute atomic E-state index is 14.2. The Morgan fingerprint density at radius 1 is 1.15 bits per heavy atom. The number of nitrogens with zero attached hydrogens (tertiary/aromatic N) is 5. The zero-order valence-corrected chi connectivity index (χ0v) is 24.4. The number of piperidine rings is 1. The Morgan fingerprint density at radius 3 is 2.61 bits per heavy atom. The smallest absolute Gasteiger partial charge is 0.337 e. The summed E-state index contributed by atoms with van der Waals surface area (Å²) in [6, 6.07) is 10.3. The maximum Gasteiger partial charge on any atom is 0.337 e. The van der Waals surface area contributed by atoms with Crippen molar-refractivity contribution in [2.45, 2.75) is 69.7 Å². The van der Waals surface area contributed by atoms with E-state index in [1.807, 2.05) is 6.07 Å². The molecule has 3 aliphatic rings. The number of fused-ring (bicyclic) bond motifs is 2. The molecule has 10 heteroatoms. The van der Waals surface area contributed by atoms with Gasteiger partial charge in [-0.3, -0.25) is 4.68 Å². The second kappa shape index (κ2) is 10.7. The number of halogens is 3. The minimum atomic E-state index is -1.01. The molecule has 2 fully saturated rings. The average Bonchev–Trinajstić information content (AvgIpc) is 3.46. The van der Waals surface area contributed by atoms with Crippen molar-refractivity contribution in [3.63, 3.8) is 0 Å². The number of likely N-dealkylation sites (tertiary alicyclic amines) is 1. The summed E-state index contributed by atoms with van der Waals surface area (Å²) in [5.41, 5.74) is 4.68. The van der Waals surface area contributed by atoms with Gasteiger partial charge < -0.3 is 14.2 Å². The van der Waals surface area contributed by atoms with E-state index in [0.29, 0.717) is 38.3 Å². The number of esters is 1. The highest BCUT2D eigenvalue weighted by Gasteiger charge is 2.35. The third kappa shape index (κ3) is 4.94. The highest BCUT2D eigenvalue weighted by atomic mass is 35.5. The molecule has 7 rings (SSSR count). The lowest BCUT2D eigenvalue weighted by Crippen LogP contribution is -2.34. The lowest BCUT2D eigenvalue weighted by Gasteiger charge is -2.32. The molecule has 4 heterocycles. The first-order valence-electron chi connectivity index (χ1n) is 14.5. The van der Waals surface area contributed by atoms with E-state index < -0.39 is 18.2 Å². The number of carbonyl (C=O) groups excluding carboxylic acids is 1. The zero-order valence-electron chi connectivity index (χ0n) is 22.9. The highest BCUT2D eigenvalue weighted by Crippen LogP contribution is 2.40. The normalized spacial score (nSPS) is 20.4. The minimum Gasteiger partial charge on any atom is -0.464 e. The van der Waals surface area contributed by atoms with Crippen molar-refractivity contribution in [1.82, 2.24) is 24.2 Å². The van der Waals surface area contributed by atoms with Gasteiger partial charge >= 0.3 is 5.97 Å². The first-order valence-corrected chi connectivity index (χ1v) is 15.2. The minimum absolute atomic E-state index is 0.188. The third-order valence-electron chi connectivity index (χ3n) is 8.81. The van der Waals surface area contributed by atoms with E-state index >= 15 is 0 Å². The van der Waals surface area contributed by atoms with E-state index in [4.69, 9.17) is 33.0 Å². The van der Waals surface area contributed by atoms with Crippen molar-refractivity contribution >= 4 is 40.1 Å². The van der Waals surface area contributed by atoms with Crippen LogP contribution in [0.15, 0.2) is 42.9 Å².